The van der Waals surface area contributed by atoms with E-state index in [1.165, 1.54) is 5.56 Å². The molecule has 7 nitrogen and oxygen atoms in total. The van der Waals surface area contributed by atoms with Crippen LogP contribution in [-0.2, 0) is 16.1 Å². The number of amides is 2. The first kappa shape index (κ1) is 22.3. The van der Waals surface area contributed by atoms with Crippen molar-refractivity contribution in [2.24, 2.45) is 0 Å². The summed E-state index contributed by atoms with van der Waals surface area (Å²) >= 11 is 0. The van der Waals surface area contributed by atoms with Gasteiger partial charge in [-0.25, -0.2) is 0 Å². The number of nitrogens with one attached hydrogen (secondary N) is 1. The second kappa shape index (κ2) is 11.1. The Bertz CT molecular complexity index is 880. The van der Waals surface area contributed by atoms with Crippen LogP contribution in [0.5, 0.6) is 5.75 Å². The lowest BCUT2D eigenvalue weighted by molar-refractivity contribution is -0.123. The van der Waals surface area contributed by atoms with Crippen LogP contribution in [0, 0.1) is 0 Å². The van der Waals surface area contributed by atoms with E-state index in [1.54, 1.807) is 4.90 Å². The Labute approximate surface area is 189 Å². The van der Waals surface area contributed by atoms with Gasteiger partial charge in [0.05, 0.1) is 0 Å². The van der Waals surface area contributed by atoms with Crippen LogP contribution in [0.3, 0.4) is 0 Å². The Morgan fingerprint density at radius 1 is 0.906 bits per heavy atom. The fraction of sp³-hybridized carbons (Fsp3) is 0.440. The Morgan fingerprint density at radius 3 is 2.31 bits per heavy atom. The molecule has 2 fully saturated rings. The summed E-state index contributed by atoms with van der Waals surface area (Å²) in [5.41, 5.74) is 2.24. The molecule has 170 valence electrons. The van der Waals surface area contributed by atoms with Crippen molar-refractivity contribution in [1.29, 1.82) is 0 Å². The number of hydrogen-bond acceptors (Lipinski definition) is 5. The predicted molar refractivity (Wildman–Crippen MR) is 125 cm³/mol. The van der Waals surface area contributed by atoms with E-state index in [-0.39, 0.29) is 18.4 Å². The maximum absolute atomic E-state index is 12.1. The molecular formula is C25H32N4O3. The molecule has 2 aliphatic rings. The fourth-order valence-electron chi connectivity index (χ4n) is 4.21. The normalized spacial score (nSPS) is 17.5. The van der Waals surface area contributed by atoms with Crippen LogP contribution < -0.4 is 15.0 Å². The number of carbonyl (C=O) groups is 2. The zero-order valence-corrected chi connectivity index (χ0v) is 18.5. The highest BCUT2D eigenvalue weighted by Gasteiger charge is 2.21. The molecular weight excluding hydrogens is 404 g/mol. The van der Waals surface area contributed by atoms with Gasteiger partial charge in [0, 0.05) is 64.5 Å². The molecule has 2 aliphatic heterocycles. The van der Waals surface area contributed by atoms with E-state index in [2.05, 4.69) is 45.4 Å². The number of carbonyl (C=O) groups excluding carboxylic acids is 2. The molecule has 0 unspecified atom stereocenters. The SMILES string of the molecule is O=C(COc1ccc(N2CCCC2=O)cc1)NCCN1CCN(Cc2ccccc2)CC1. The number of ether oxygens (including phenoxy) is 1. The minimum Gasteiger partial charge on any atom is -0.484 e. The van der Waals surface area contributed by atoms with Gasteiger partial charge in [-0.05, 0) is 36.2 Å². The highest BCUT2D eigenvalue weighted by Crippen LogP contribution is 2.23. The zero-order chi connectivity index (χ0) is 22.2. The Kier molecular flexibility index (Phi) is 7.74. The van der Waals surface area contributed by atoms with Crippen molar-refractivity contribution in [3.63, 3.8) is 0 Å². The maximum Gasteiger partial charge on any atom is 0.257 e. The third-order valence-electron chi connectivity index (χ3n) is 6.06. The molecule has 1 N–H and O–H groups in total. The summed E-state index contributed by atoms with van der Waals surface area (Å²) in [4.78, 5) is 30.6. The molecule has 2 aromatic carbocycles. The van der Waals surface area contributed by atoms with Crippen molar-refractivity contribution in [2.45, 2.75) is 19.4 Å². The van der Waals surface area contributed by atoms with Gasteiger partial charge in [0.1, 0.15) is 5.75 Å². The number of nitrogens with zero attached hydrogens (tertiary/aromatic N) is 3. The summed E-state index contributed by atoms with van der Waals surface area (Å²) in [6.07, 6.45) is 1.52. The van der Waals surface area contributed by atoms with Gasteiger partial charge in [-0.3, -0.25) is 19.4 Å². The summed E-state index contributed by atoms with van der Waals surface area (Å²) in [7, 11) is 0. The number of benzene rings is 2. The Hall–Kier alpha value is -2.90. The maximum atomic E-state index is 12.1. The zero-order valence-electron chi connectivity index (χ0n) is 18.5. The van der Waals surface area contributed by atoms with Crippen molar-refractivity contribution in [1.82, 2.24) is 15.1 Å². The van der Waals surface area contributed by atoms with E-state index >= 15 is 0 Å². The first-order valence-electron chi connectivity index (χ1n) is 11.5. The molecule has 0 saturated carbocycles. The third-order valence-corrected chi connectivity index (χ3v) is 6.06. The van der Waals surface area contributed by atoms with Crippen LogP contribution in [-0.4, -0.2) is 74.0 Å². The van der Waals surface area contributed by atoms with Gasteiger partial charge in [-0.15, -0.1) is 0 Å². The monoisotopic (exact) mass is 436 g/mol. The molecule has 2 aromatic rings. The largest absolute Gasteiger partial charge is 0.484 e. The van der Waals surface area contributed by atoms with Crippen molar-refractivity contribution in [2.75, 3.05) is 57.3 Å². The van der Waals surface area contributed by atoms with Crippen LogP contribution in [0.1, 0.15) is 18.4 Å². The lowest BCUT2D eigenvalue weighted by atomic mass is 10.2. The van der Waals surface area contributed by atoms with Gasteiger partial charge in [-0.1, -0.05) is 30.3 Å². The van der Waals surface area contributed by atoms with Crippen LogP contribution in [0.25, 0.3) is 0 Å². The molecule has 0 bridgehead atoms. The van der Waals surface area contributed by atoms with Crippen molar-refractivity contribution < 1.29 is 14.3 Å². The van der Waals surface area contributed by atoms with E-state index in [1.807, 2.05) is 24.3 Å². The van der Waals surface area contributed by atoms with E-state index in [0.29, 0.717) is 18.7 Å². The summed E-state index contributed by atoms with van der Waals surface area (Å²) in [5, 5.41) is 2.94. The highest BCUT2D eigenvalue weighted by atomic mass is 16.5. The predicted octanol–water partition coefficient (Wildman–Crippen LogP) is 2.13. The van der Waals surface area contributed by atoms with Crippen molar-refractivity contribution in [3.05, 3.63) is 60.2 Å². The summed E-state index contributed by atoms with van der Waals surface area (Å²) < 4.78 is 5.59. The topological polar surface area (TPSA) is 65.1 Å². The Balaban J connectivity index is 1.09. The number of hydrogen-bond donors (Lipinski definition) is 1. The highest BCUT2D eigenvalue weighted by molar-refractivity contribution is 5.95. The average molecular weight is 437 g/mol. The minimum absolute atomic E-state index is 0.00710. The molecule has 0 aromatic heterocycles. The molecule has 32 heavy (non-hydrogen) atoms. The van der Waals surface area contributed by atoms with Crippen LogP contribution in [0.4, 0.5) is 5.69 Å². The number of anilines is 1. The van der Waals surface area contributed by atoms with Gasteiger partial charge in [0.25, 0.3) is 5.91 Å². The standard InChI is InChI=1S/C25H32N4O3/c30-24(20-32-23-10-8-22(9-11-23)29-13-4-7-25(29)31)26-12-14-27-15-17-28(18-16-27)19-21-5-2-1-3-6-21/h1-3,5-6,8-11H,4,7,12-20H2,(H,26,30). The van der Waals surface area contributed by atoms with Gasteiger partial charge in [0.2, 0.25) is 5.91 Å². The van der Waals surface area contributed by atoms with Gasteiger partial charge in [-0.2, -0.15) is 0 Å². The van der Waals surface area contributed by atoms with Gasteiger partial charge in [0.15, 0.2) is 6.61 Å². The molecule has 4 rings (SSSR count). The van der Waals surface area contributed by atoms with Gasteiger partial charge >= 0.3 is 0 Å². The molecule has 2 saturated heterocycles. The first-order chi connectivity index (χ1) is 15.7. The summed E-state index contributed by atoms with van der Waals surface area (Å²) in [6, 6.07) is 17.9. The molecule has 7 heteroatoms. The molecule has 0 atom stereocenters. The van der Waals surface area contributed by atoms with Crippen LogP contribution in [0.2, 0.25) is 0 Å². The van der Waals surface area contributed by atoms with Gasteiger partial charge < -0.3 is 15.0 Å². The molecule has 0 aliphatic carbocycles. The Morgan fingerprint density at radius 2 is 1.62 bits per heavy atom. The molecule has 0 spiro atoms. The third kappa shape index (κ3) is 6.31. The van der Waals surface area contributed by atoms with E-state index in [9.17, 15) is 9.59 Å². The summed E-state index contributed by atoms with van der Waals surface area (Å²) in [5.74, 6) is 0.673. The van der Waals surface area contributed by atoms with E-state index in [0.717, 1.165) is 57.9 Å². The van der Waals surface area contributed by atoms with Crippen molar-refractivity contribution in [3.8, 4) is 5.75 Å². The lowest BCUT2D eigenvalue weighted by Gasteiger charge is -2.34. The van der Waals surface area contributed by atoms with Crippen molar-refractivity contribution >= 4 is 17.5 Å². The fourth-order valence-corrected chi connectivity index (χ4v) is 4.21. The molecule has 2 heterocycles. The summed E-state index contributed by atoms with van der Waals surface area (Å²) in [6.45, 7) is 7.36. The molecule has 0 radical (unpaired) electrons. The second-order valence-electron chi connectivity index (χ2n) is 8.38. The first-order valence-corrected chi connectivity index (χ1v) is 11.5. The second-order valence-corrected chi connectivity index (χ2v) is 8.38. The van der Waals surface area contributed by atoms with E-state index < -0.39 is 0 Å². The van der Waals surface area contributed by atoms with Crippen LogP contribution >= 0.6 is 0 Å². The average Bonchev–Trinajstić information content (AvgIpc) is 3.26. The lowest BCUT2D eigenvalue weighted by Crippen LogP contribution is -2.48. The number of piperazine rings is 1. The number of rotatable bonds is 9. The molecule has 2 amide bonds. The van der Waals surface area contributed by atoms with E-state index in [4.69, 9.17) is 4.74 Å². The minimum atomic E-state index is -0.119. The smallest absolute Gasteiger partial charge is 0.257 e. The quantitative estimate of drug-likeness (QED) is 0.652. The van der Waals surface area contributed by atoms with Crippen LogP contribution in [0.15, 0.2) is 54.6 Å².